The van der Waals surface area contributed by atoms with E-state index in [0.29, 0.717) is 17.4 Å². The Labute approximate surface area is 130 Å². The first-order valence-corrected chi connectivity index (χ1v) is 7.99. The molecular formula is C17H22N2O3. The normalized spacial score (nSPS) is 27.3. The molecule has 2 N–H and O–H groups in total. The maximum absolute atomic E-state index is 12.2. The molecule has 1 aliphatic carbocycles. The number of rotatable bonds is 3. The summed E-state index contributed by atoms with van der Waals surface area (Å²) in [6, 6.07) is 7.48. The first kappa shape index (κ1) is 14.9. The summed E-state index contributed by atoms with van der Waals surface area (Å²) in [6.07, 6.45) is 3.87. The fourth-order valence-corrected chi connectivity index (χ4v) is 3.19. The molecule has 3 rings (SSSR count). The van der Waals surface area contributed by atoms with Gasteiger partial charge in [-0.05, 0) is 30.9 Å². The Morgan fingerprint density at radius 3 is 2.91 bits per heavy atom. The number of fused-ring (bicyclic) bond motifs is 1. The molecule has 1 aromatic rings. The monoisotopic (exact) mass is 302 g/mol. The highest BCUT2D eigenvalue weighted by Gasteiger charge is 2.31. The van der Waals surface area contributed by atoms with E-state index in [1.165, 1.54) is 6.42 Å². The Balaban J connectivity index is 1.59. The first-order valence-electron chi connectivity index (χ1n) is 7.99. The lowest BCUT2D eigenvalue weighted by Gasteiger charge is -2.30. The molecule has 5 nitrogen and oxygen atoms in total. The number of benzene rings is 1. The number of nitrogens with one attached hydrogen (secondary N) is 2. The molecular weight excluding hydrogens is 280 g/mol. The zero-order valence-corrected chi connectivity index (χ0v) is 12.8. The Hall–Kier alpha value is -2.04. The molecule has 3 atom stereocenters. The van der Waals surface area contributed by atoms with Crippen molar-refractivity contribution in [1.29, 1.82) is 0 Å². The molecule has 1 saturated carbocycles. The van der Waals surface area contributed by atoms with Gasteiger partial charge in [0.1, 0.15) is 5.75 Å². The van der Waals surface area contributed by atoms with Crippen molar-refractivity contribution in [2.45, 2.75) is 51.2 Å². The van der Waals surface area contributed by atoms with E-state index in [1.54, 1.807) is 12.1 Å². The standard InChI is InChI=1S/C17H22N2O3/c1-11-6-2-3-7-12(11)18-16(20)10-15-17(21)19-13-8-4-5-9-14(13)22-15/h4-5,8-9,11-12,15H,2-3,6-7,10H2,1H3,(H,18,20)(H,19,21)/t11-,12+,15-/m1/s1. The van der Waals surface area contributed by atoms with Crippen molar-refractivity contribution in [3.05, 3.63) is 24.3 Å². The summed E-state index contributed by atoms with van der Waals surface area (Å²) in [4.78, 5) is 24.2. The van der Waals surface area contributed by atoms with Gasteiger partial charge in [-0.15, -0.1) is 0 Å². The first-order chi connectivity index (χ1) is 10.6. The third-order valence-electron chi connectivity index (χ3n) is 4.54. The van der Waals surface area contributed by atoms with Gasteiger partial charge in [0.05, 0.1) is 12.1 Å². The van der Waals surface area contributed by atoms with E-state index in [1.807, 2.05) is 12.1 Å². The number of carbonyl (C=O) groups excluding carboxylic acids is 2. The number of carbonyl (C=O) groups is 2. The molecule has 118 valence electrons. The summed E-state index contributed by atoms with van der Waals surface area (Å²) in [6.45, 7) is 2.17. The second-order valence-electron chi connectivity index (χ2n) is 6.23. The van der Waals surface area contributed by atoms with E-state index in [-0.39, 0.29) is 24.3 Å². The fraction of sp³-hybridized carbons (Fsp3) is 0.529. The van der Waals surface area contributed by atoms with Gasteiger partial charge >= 0.3 is 0 Å². The van der Waals surface area contributed by atoms with Crippen molar-refractivity contribution >= 4 is 17.5 Å². The van der Waals surface area contributed by atoms with Crippen LogP contribution in [0, 0.1) is 5.92 Å². The molecule has 1 aliphatic heterocycles. The van der Waals surface area contributed by atoms with Crippen LogP contribution in [0.5, 0.6) is 5.75 Å². The zero-order valence-electron chi connectivity index (χ0n) is 12.8. The third kappa shape index (κ3) is 3.24. The van der Waals surface area contributed by atoms with Crippen LogP contribution in [0.3, 0.4) is 0 Å². The average molecular weight is 302 g/mol. The summed E-state index contributed by atoms with van der Waals surface area (Å²) < 4.78 is 5.66. The number of hydrogen-bond acceptors (Lipinski definition) is 3. The van der Waals surface area contributed by atoms with Crippen LogP contribution >= 0.6 is 0 Å². The number of anilines is 1. The van der Waals surface area contributed by atoms with Gasteiger partial charge in [0, 0.05) is 6.04 Å². The van der Waals surface area contributed by atoms with E-state index in [2.05, 4.69) is 17.6 Å². The topological polar surface area (TPSA) is 67.4 Å². The quantitative estimate of drug-likeness (QED) is 0.901. The van der Waals surface area contributed by atoms with Crippen LogP contribution in [-0.2, 0) is 9.59 Å². The van der Waals surface area contributed by atoms with Crippen LogP contribution in [0.25, 0.3) is 0 Å². The average Bonchev–Trinajstić information content (AvgIpc) is 2.50. The molecule has 1 fully saturated rings. The van der Waals surface area contributed by atoms with E-state index in [4.69, 9.17) is 4.74 Å². The second-order valence-corrected chi connectivity index (χ2v) is 6.23. The highest BCUT2D eigenvalue weighted by atomic mass is 16.5. The van der Waals surface area contributed by atoms with Gasteiger partial charge in [-0.2, -0.15) is 0 Å². The second kappa shape index (κ2) is 6.38. The minimum Gasteiger partial charge on any atom is -0.478 e. The Morgan fingerprint density at radius 1 is 1.32 bits per heavy atom. The van der Waals surface area contributed by atoms with Crippen molar-refractivity contribution < 1.29 is 14.3 Å². The Bertz CT molecular complexity index is 573. The summed E-state index contributed by atoms with van der Waals surface area (Å²) in [5.74, 6) is 0.745. The minimum absolute atomic E-state index is 0.0589. The molecule has 0 saturated heterocycles. The molecule has 0 spiro atoms. The minimum atomic E-state index is -0.756. The lowest BCUT2D eigenvalue weighted by Crippen LogP contribution is -2.45. The van der Waals surface area contributed by atoms with Crippen LogP contribution < -0.4 is 15.4 Å². The number of amides is 2. The zero-order chi connectivity index (χ0) is 15.5. The summed E-state index contributed by atoms with van der Waals surface area (Å²) in [5.41, 5.74) is 0.657. The van der Waals surface area contributed by atoms with Gasteiger partial charge in [0.25, 0.3) is 5.91 Å². The van der Waals surface area contributed by atoms with Crippen LogP contribution in [0.4, 0.5) is 5.69 Å². The van der Waals surface area contributed by atoms with Crippen molar-refractivity contribution in [3.8, 4) is 5.75 Å². The van der Waals surface area contributed by atoms with E-state index < -0.39 is 6.10 Å². The SMILES string of the molecule is C[C@@H]1CCCC[C@@H]1NC(=O)C[C@H]1Oc2ccccc2NC1=O. The lowest BCUT2D eigenvalue weighted by atomic mass is 9.86. The predicted octanol–water partition coefficient (Wildman–Crippen LogP) is 2.47. The highest BCUT2D eigenvalue weighted by molar-refractivity contribution is 5.99. The molecule has 22 heavy (non-hydrogen) atoms. The number of para-hydroxylation sites is 2. The lowest BCUT2D eigenvalue weighted by molar-refractivity contribution is -0.131. The number of ether oxygens (including phenoxy) is 1. The van der Waals surface area contributed by atoms with Gasteiger partial charge in [-0.25, -0.2) is 0 Å². The van der Waals surface area contributed by atoms with Gasteiger partial charge < -0.3 is 15.4 Å². The van der Waals surface area contributed by atoms with Crippen LogP contribution in [0.1, 0.15) is 39.0 Å². The summed E-state index contributed by atoms with van der Waals surface area (Å²) in [7, 11) is 0. The molecule has 0 unspecified atom stereocenters. The van der Waals surface area contributed by atoms with Crippen LogP contribution in [0.15, 0.2) is 24.3 Å². The molecule has 1 heterocycles. The van der Waals surface area contributed by atoms with E-state index >= 15 is 0 Å². The fourth-order valence-electron chi connectivity index (χ4n) is 3.19. The molecule has 0 radical (unpaired) electrons. The molecule has 2 aliphatic rings. The maximum atomic E-state index is 12.2. The maximum Gasteiger partial charge on any atom is 0.266 e. The van der Waals surface area contributed by atoms with Crippen LogP contribution in [0.2, 0.25) is 0 Å². The van der Waals surface area contributed by atoms with Crippen molar-refractivity contribution in [3.63, 3.8) is 0 Å². The van der Waals surface area contributed by atoms with Gasteiger partial charge in [-0.1, -0.05) is 31.9 Å². The third-order valence-corrected chi connectivity index (χ3v) is 4.54. The molecule has 0 bridgehead atoms. The van der Waals surface area contributed by atoms with Crippen LogP contribution in [-0.4, -0.2) is 24.0 Å². The Morgan fingerprint density at radius 2 is 2.09 bits per heavy atom. The highest BCUT2D eigenvalue weighted by Crippen LogP contribution is 2.29. The van der Waals surface area contributed by atoms with E-state index in [9.17, 15) is 9.59 Å². The number of hydrogen-bond donors (Lipinski definition) is 2. The Kier molecular flexibility index (Phi) is 4.32. The molecule has 2 amide bonds. The van der Waals surface area contributed by atoms with Crippen molar-refractivity contribution in [2.75, 3.05) is 5.32 Å². The molecule has 5 heteroatoms. The summed E-state index contributed by atoms with van der Waals surface area (Å²) >= 11 is 0. The summed E-state index contributed by atoms with van der Waals surface area (Å²) in [5, 5.41) is 5.85. The van der Waals surface area contributed by atoms with Gasteiger partial charge in [0.2, 0.25) is 5.91 Å². The smallest absolute Gasteiger partial charge is 0.266 e. The predicted molar refractivity (Wildman–Crippen MR) is 83.7 cm³/mol. The van der Waals surface area contributed by atoms with Crippen molar-refractivity contribution in [1.82, 2.24) is 5.32 Å². The van der Waals surface area contributed by atoms with Crippen molar-refractivity contribution in [2.24, 2.45) is 5.92 Å². The van der Waals surface area contributed by atoms with E-state index in [0.717, 1.165) is 19.3 Å². The van der Waals surface area contributed by atoms with Gasteiger partial charge in [0.15, 0.2) is 6.10 Å². The largest absolute Gasteiger partial charge is 0.478 e. The molecule has 0 aromatic heterocycles. The molecule has 1 aromatic carbocycles. The van der Waals surface area contributed by atoms with Gasteiger partial charge in [-0.3, -0.25) is 9.59 Å².